The van der Waals surface area contributed by atoms with Crippen LogP contribution in [0.2, 0.25) is 0 Å². The number of hydrogen-bond acceptors (Lipinski definition) is 0. The van der Waals surface area contributed by atoms with E-state index in [1.807, 2.05) is 0 Å². The van der Waals surface area contributed by atoms with Gasteiger partial charge in [-0.25, -0.2) is 0 Å². The number of rotatable bonds is 10. The van der Waals surface area contributed by atoms with E-state index in [1.165, 1.54) is 57.8 Å². The summed E-state index contributed by atoms with van der Waals surface area (Å²) >= 11 is 0. The van der Waals surface area contributed by atoms with Crippen molar-refractivity contribution in [1.82, 2.24) is 0 Å². The van der Waals surface area contributed by atoms with Crippen LogP contribution in [0.4, 0.5) is 0 Å². The van der Waals surface area contributed by atoms with Gasteiger partial charge >= 0.3 is 0 Å². The highest BCUT2D eigenvalue weighted by Gasteiger charge is 2.18. The Bertz CT molecular complexity index is 111. The minimum atomic E-state index is 1.02. The third-order valence-corrected chi connectivity index (χ3v) is 3.57. The lowest BCUT2D eigenvalue weighted by molar-refractivity contribution is 0.251. The Hall–Kier alpha value is 0. The molecule has 0 fully saturated rings. The van der Waals surface area contributed by atoms with Gasteiger partial charge in [-0.3, -0.25) is 0 Å². The minimum Gasteiger partial charge on any atom is -0.0654 e. The quantitative estimate of drug-likeness (QED) is 0.429. The Morgan fingerprint density at radius 3 is 1.27 bits per heavy atom. The molecule has 0 aliphatic rings. The van der Waals surface area contributed by atoms with Crippen LogP contribution in [-0.4, -0.2) is 0 Å². The number of hydrogen-bond donors (Lipinski definition) is 0. The van der Waals surface area contributed by atoms with Gasteiger partial charge in [-0.05, 0) is 11.8 Å². The second-order valence-electron chi connectivity index (χ2n) is 5.03. The summed E-state index contributed by atoms with van der Waals surface area (Å²) in [7, 11) is 0. The van der Waals surface area contributed by atoms with Crippen LogP contribution in [0, 0.1) is 11.8 Å². The van der Waals surface area contributed by atoms with Crippen molar-refractivity contribution in [3.63, 3.8) is 0 Å². The van der Waals surface area contributed by atoms with Gasteiger partial charge in [0.25, 0.3) is 0 Å². The normalized spacial score (nSPS) is 13.4. The van der Waals surface area contributed by atoms with Gasteiger partial charge in [-0.15, -0.1) is 0 Å². The van der Waals surface area contributed by atoms with E-state index < -0.39 is 0 Å². The lowest BCUT2D eigenvalue weighted by atomic mass is 9.79. The van der Waals surface area contributed by atoms with Crippen LogP contribution < -0.4 is 0 Å². The maximum absolute atomic E-state index is 2.34. The van der Waals surface area contributed by atoms with E-state index in [4.69, 9.17) is 0 Å². The summed E-state index contributed by atoms with van der Waals surface area (Å²) < 4.78 is 0. The van der Waals surface area contributed by atoms with Crippen LogP contribution in [-0.2, 0) is 0 Å². The van der Waals surface area contributed by atoms with E-state index in [0.29, 0.717) is 0 Å². The SMILES string of the molecule is CCCCC(CCC)C(CCC)CCC. The Labute approximate surface area is 97.8 Å². The molecule has 0 aliphatic heterocycles. The molecule has 0 heteroatoms. The Balaban J connectivity index is 4.09. The van der Waals surface area contributed by atoms with E-state index in [-0.39, 0.29) is 0 Å². The molecule has 0 N–H and O–H groups in total. The van der Waals surface area contributed by atoms with Gasteiger partial charge in [-0.1, -0.05) is 85.5 Å². The highest BCUT2D eigenvalue weighted by molar-refractivity contribution is 4.70. The lowest BCUT2D eigenvalue weighted by Gasteiger charge is -2.26. The first-order chi connectivity index (χ1) is 7.29. The zero-order valence-electron chi connectivity index (χ0n) is 11.5. The summed E-state index contributed by atoms with van der Waals surface area (Å²) in [5, 5.41) is 0. The molecule has 0 saturated heterocycles. The van der Waals surface area contributed by atoms with Crippen molar-refractivity contribution in [3.8, 4) is 0 Å². The van der Waals surface area contributed by atoms with Crippen molar-refractivity contribution in [1.29, 1.82) is 0 Å². The van der Waals surface area contributed by atoms with Crippen LogP contribution in [0.15, 0.2) is 0 Å². The first-order valence-electron chi connectivity index (χ1n) is 7.29. The van der Waals surface area contributed by atoms with Crippen molar-refractivity contribution in [3.05, 3.63) is 0 Å². The maximum Gasteiger partial charge on any atom is -0.0386 e. The van der Waals surface area contributed by atoms with Gasteiger partial charge < -0.3 is 0 Å². The van der Waals surface area contributed by atoms with Crippen LogP contribution in [0.5, 0.6) is 0 Å². The van der Waals surface area contributed by atoms with E-state index in [9.17, 15) is 0 Å². The second-order valence-corrected chi connectivity index (χ2v) is 5.03. The van der Waals surface area contributed by atoms with Crippen LogP contribution in [0.25, 0.3) is 0 Å². The topological polar surface area (TPSA) is 0 Å². The van der Waals surface area contributed by atoms with Crippen LogP contribution in [0.3, 0.4) is 0 Å². The highest BCUT2D eigenvalue weighted by atomic mass is 14.2. The maximum atomic E-state index is 2.34. The molecular weight excluding hydrogens is 180 g/mol. The molecule has 0 aliphatic carbocycles. The summed E-state index contributed by atoms with van der Waals surface area (Å²) in [5.41, 5.74) is 0. The summed E-state index contributed by atoms with van der Waals surface area (Å²) in [6, 6.07) is 0. The fourth-order valence-electron chi connectivity index (χ4n) is 2.81. The predicted octanol–water partition coefficient (Wildman–Crippen LogP) is 5.81. The molecule has 0 heterocycles. The van der Waals surface area contributed by atoms with Crippen molar-refractivity contribution in [2.75, 3.05) is 0 Å². The summed E-state index contributed by atoms with van der Waals surface area (Å²) in [6.07, 6.45) is 12.8. The molecule has 0 aromatic heterocycles. The van der Waals surface area contributed by atoms with E-state index in [1.54, 1.807) is 0 Å². The standard InChI is InChI=1S/C15H32/c1-5-9-13-15(12-8-4)14(10-6-2)11-7-3/h14-15H,5-13H2,1-4H3. The molecule has 1 unspecified atom stereocenters. The zero-order valence-corrected chi connectivity index (χ0v) is 11.5. The third kappa shape index (κ3) is 6.98. The number of unbranched alkanes of at least 4 members (excludes halogenated alkanes) is 1. The van der Waals surface area contributed by atoms with E-state index >= 15 is 0 Å². The van der Waals surface area contributed by atoms with Gasteiger partial charge in [0.1, 0.15) is 0 Å². The molecule has 0 aromatic rings. The van der Waals surface area contributed by atoms with Gasteiger partial charge in [0.05, 0.1) is 0 Å². The highest BCUT2D eigenvalue weighted by Crippen LogP contribution is 2.30. The first kappa shape index (κ1) is 15.0. The summed E-state index contributed by atoms with van der Waals surface area (Å²) in [4.78, 5) is 0. The van der Waals surface area contributed by atoms with Crippen molar-refractivity contribution >= 4 is 0 Å². The molecule has 0 bridgehead atoms. The molecule has 0 rings (SSSR count). The van der Waals surface area contributed by atoms with Gasteiger partial charge in [0.15, 0.2) is 0 Å². The first-order valence-corrected chi connectivity index (χ1v) is 7.29. The zero-order chi connectivity index (χ0) is 11.5. The fraction of sp³-hybridized carbons (Fsp3) is 1.00. The molecule has 0 saturated carbocycles. The van der Waals surface area contributed by atoms with E-state index in [0.717, 1.165) is 11.8 Å². The monoisotopic (exact) mass is 212 g/mol. The Morgan fingerprint density at radius 2 is 0.933 bits per heavy atom. The lowest BCUT2D eigenvalue weighted by Crippen LogP contribution is -2.15. The minimum absolute atomic E-state index is 1.02. The largest absolute Gasteiger partial charge is 0.0654 e. The Kier molecular flexibility index (Phi) is 10.5. The predicted molar refractivity (Wildman–Crippen MR) is 71.2 cm³/mol. The molecule has 0 aromatic carbocycles. The van der Waals surface area contributed by atoms with Crippen molar-refractivity contribution in [2.45, 2.75) is 85.5 Å². The van der Waals surface area contributed by atoms with Gasteiger partial charge in [-0.2, -0.15) is 0 Å². The fourth-order valence-corrected chi connectivity index (χ4v) is 2.81. The molecular formula is C15H32. The van der Waals surface area contributed by atoms with Crippen molar-refractivity contribution < 1.29 is 0 Å². The molecule has 0 nitrogen and oxygen atoms in total. The van der Waals surface area contributed by atoms with Gasteiger partial charge in [0.2, 0.25) is 0 Å². The van der Waals surface area contributed by atoms with Gasteiger partial charge in [0, 0.05) is 0 Å². The van der Waals surface area contributed by atoms with E-state index in [2.05, 4.69) is 27.7 Å². The van der Waals surface area contributed by atoms with Crippen molar-refractivity contribution in [2.24, 2.45) is 11.8 Å². The molecule has 0 radical (unpaired) electrons. The van der Waals surface area contributed by atoms with Crippen LogP contribution in [0.1, 0.15) is 85.5 Å². The average molecular weight is 212 g/mol. The third-order valence-electron chi connectivity index (χ3n) is 3.57. The summed E-state index contributed by atoms with van der Waals surface area (Å²) in [5.74, 6) is 2.04. The smallest absolute Gasteiger partial charge is 0.0386 e. The van der Waals surface area contributed by atoms with Crippen LogP contribution >= 0.6 is 0 Å². The Morgan fingerprint density at radius 1 is 0.533 bits per heavy atom. The summed E-state index contributed by atoms with van der Waals surface area (Å²) in [6.45, 7) is 9.34. The molecule has 1 atom stereocenters. The molecule has 0 spiro atoms. The molecule has 92 valence electrons. The molecule has 0 amide bonds. The molecule has 15 heavy (non-hydrogen) atoms. The second kappa shape index (κ2) is 10.5. The average Bonchev–Trinajstić information content (AvgIpc) is 2.24.